The van der Waals surface area contributed by atoms with Crippen molar-refractivity contribution in [1.29, 1.82) is 0 Å². The summed E-state index contributed by atoms with van der Waals surface area (Å²) in [5.41, 5.74) is 2.46. The zero-order valence-electron chi connectivity index (χ0n) is 23.1. The molecule has 0 bridgehead atoms. The van der Waals surface area contributed by atoms with Crippen molar-refractivity contribution in [2.45, 2.75) is 63.9 Å². The third-order valence-corrected chi connectivity index (χ3v) is 6.84. The fourth-order valence-electron chi connectivity index (χ4n) is 4.78. The van der Waals surface area contributed by atoms with Crippen LogP contribution in [-0.2, 0) is 19.9 Å². The van der Waals surface area contributed by atoms with Crippen molar-refractivity contribution >= 4 is 5.97 Å². The summed E-state index contributed by atoms with van der Waals surface area (Å²) >= 11 is 0. The van der Waals surface area contributed by atoms with Crippen LogP contribution in [0.3, 0.4) is 0 Å². The predicted octanol–water partition coefficient (Wildman–Crippen LogP) is 7.70. The van der Waals surface area contributed by atoms with E-state index in [2.05, 4.69) is 48.5 Å². The highest BCUT2D eigenvalue weighted by Gasteiger charge is 2.37. The van der Waals surface area contributed by atoms with Crippen molar-refractivity contribution in [2.24, 2.45) is 0 Å². The van der Waals surface area contributed by atoms with Crippen molar-refractivity contribution < 1.29 is 23.7 Å². The summed E-state index contributed by atoms with van der Waals surface area (Å²) in [5.74, 6) is 1.44. The lowest BCUT2D eigenvalue weighted by Crippen LogP contribution is -2.33. The first kappa shape index (κ1) is 29.2. The number of carbonyl (C=O) groups is 1. The van der Waals surface area contributed by atoms with Crippen molar-refractivity contribution in [3.8, 4) is 11.5 Å². The van der Waals surface area contributed by atoms with Crippen LogP contribution in [0.15, 0.2) is 78.9 Å². The third kappa shape index (κ3) is 8.35. The average Bonchev–Trinajstić information content (AvgIpc) is 2.96. The molecular formula is C33H42O5. The van der Waals surface area contributed by atoms with Crippen LogP contribution in [0.5, 0.6) is 11.5 Å². The summed E-state index contributed by atoms with van der Waals surface area (Å²) < 4.78 is 22.8. The van der Waals surface area contributed by atoms with Crippen LogP contribution in [0.2, 0.25) is 0 Å². The molecule has 0 radical (unpaired) electrons. The monoisotopic (exact) mass is 518 g/mol. The van der Waals surface area contributed by atoms with E-state index in [1.54, 1.807) is 14.2 Å². The minimum absolute atomic E-state index is 0.192. The Bertz CT molecular complexity index is 1010. The van der Waals surface area contributed by atoms with Crippen LogP contribution < -0.4 is 9.47 Å². The molecular weight excluding hydrogens is 476 g/mol. The zero-order chi connectivity index (χ0) is 27.1. The number of methoxy groups -OCH3 is 2. The first-order chi connectivity index (χ1) is 18.6. The van der Waals surface area contributed by atoms with Gasteiger partial charge in [0.15, 0.2) is 0 Å². The van der Waals surface area contributed by atoms with Crippen molar-refractivity contribution in [3.63, 3.8) is 0 Å². The molecule has 0 amide bonds. The highest BCUT2D eigenvalue weighted by molar-refractivity contribution is 5.65. The van der Waals surface area contributed by atoms with Crippen molar-refractivity contribution in [2.75, 3.05) is 27.4 Å². The molecule has 0 heterocycles. The number of hydrogen-bond donors (Lipinski definition) is 0. The minimum Gasteiger partial charge on any atom is -0.497 e. The number of unbranched alkanes of at least 4 members (excludes halogenated alkanes) is 7. The summed E-state index contributed by atoms with van der Waals surface area (Å²) in [7, 11) is 3.37. The van der Waals surface area contributed by atoms with Crippen LogP contribution in [0, 0.1) is 0 Å². The van der Waals surface area contributed by atoms with E-state index in [4.69, 9.17) is 18.9 Å². The largest absolute Gasteiger partial charge is 0.497 e. The number of rotatable bonds is 17. The van der Waals surface area contributed by atoms with Gasteiger partial charge in [0.05, 0.1) is 20.8 Å². The summed E-state index contributed by atoms with van der Waals surface area (Å²) in [6, 6.07) is 26.8. The molecule has 0 unspecified atom stereocenters. The summed E-state index contributed by atoms with van der Waals surface area (Å²) in [4.78, 5) is 10.8. The van der Waals surface area contributed by atoms with Crippen molar-refractivity contribution in [1.82, 2.24) is 0 Å². The van der Waals surface area contributed by atoms with Crippen LogP contribution in [-0.4, -0.2) is 33.4 Å². The summed E-state index contributed by atoms with van der Waals surface area (Å²) in [5, 5.41) is 0. The molecule has 0 atom stereocenters. The number of ether oxygens (including phenoxy) is 4. The molecule has 0 aromatic heterocycles. The maximum atomic E-state index is 10.8. The number of hydrogen-bond acceptors (Lipinski definition) is 5. The van der Waals surface area contributed by atoms with Gasteiger partial charge in [0.1, 0.15) is 17.1 Å². The molecule has 0 aliphatic rings. The lowest BCUT2D eigenvalue weighted by molar-refractivity contribution is -0.141. The van der Waals surface area contributed by atoms with Crippen LogP contribution in [0.1, 0.15) is 75.0 Å². The molecule has 0 N–H and O–H groups in total. The molecule has 3 rings (SSSR count). The first-order valence-electron chi connectivity index (χ1n) is 13.7. The molecule has 0 saturated heterocycles. The Labute approximate surface area is 228 Å². The Morgan fingerprint density at radius 3 is 1.45 bits per heavy atom. The predicted molar refractivity (Wildman–Crippen MR) is 152 cm³/mol. The Kier molecular flexibility index (Phi) is 12.2. The van der Waals surface area contributed by atoms with Crippen LogP contribution in [0.4, 0.5) is 0 Å². The second-order valence-electron chi connectivity index (χ2n) is 9.52. The molecule has 204 valence electrons. The smallest absolute Gasteiger partial charge is 0.302 e. The lowest BCUT2D eigenvalue weighted by atomic mass is 9.80. The Morgan fingerprint density at radius 2 is 1.00 bits per heavy atom. The van der Waals surface area contributed by atoms with Gasteiger partial charge >= 0.3 is 5.97 Å². The molecule has 0 spiro atoms. The van der Waals surface area contributed by atoms with Gasteiger partial charge in [0.2, 0.25) is 0 Å². The van der Waals surface area contributed by atoms with Gasteiger partial charge in [-0.2, -0.15) is 0 Å². The normalized spacial score (nSPS) is 11.2. The Balaban J connectivity index is 1.66. The molecule has 0 saturated carbocycles. The number of carbonyl (C=O) groups excluding carboxylic acids is 1. The van der Waals surface area contributed by atoms with Gasteiger partial charge in [-0.25, -0.2) is 0 Å². The van der Waals surface area contributed by atoms with E-state index in [0.29, 0.717) is 13.2 Å². The molecule has 0 fully saturated rings. The first-order valence-corrected chi connectivity index (χ1v) is 13.7. The second kappa shape index (κ2) is 15.8. The van der Waals surface area contributed by atoms with E-state index in [1.807, 2.05) is 30.3 Å². The molecule has 5 nitrogen and oxygen atoms in total. The lowest BCUT2D eigenvalue weighted by Gasteiger charge is -2.36. The average molecular weight is 519 g/mol. The van der Waals surface area contributed by atoms with E-state index in [0.717, 1.165) is 53.9 Å². The quantitative estimate of drug-likeness (QED) is 0.104. The number of benzene rings is 3. The van der Waals surface area contributed by atoms with Gasteiger partial charge in [-0.15, -0.1) is 0 Å². The second-order valence-corrected chi connectivity index (χ2v) is 9.52. The summed E-state index contributed by atoms with van der Waals surface area (Å²) in [6.45, 7) is 2.65. The van der Waals surface area contributed by atoms with Gasteiger partial charge in [0.25, 0.3) is 0 Å². The minimum atomic E-state index is -0.748. The van der Waals surface area contributed by atoms with Gasteiger partial charge in [-0.3, -0.25) is 4.79 Å². The highest BCUT2D eigenvalue weighted by atomic mass is 16.5. The van der Waals surface area contributed by atoms with Gasteiger partial charge in [-0.05, 0) is 53.8 Å². The molecule has 0 aliphatic carbocycles. The third-order valence-electron chi connectivity index (χ3n) is 6.84. The van der Waals surface area contributed by atoms with Crippen molar-refractivity contribution in [3.05, 3.63) is 95.6 Å². The standard InChI is InChI=1S/C33H42O5/c1-27(34)37-25-13-8-6-4-5-7-9-14-26-38-33(28-15-11-10-12-16-28,29-17-21-31(35-2)22-18-29)30-19-23-32(36-3)24-20-30/h10-12,15-24H,4-9,13-14,25-26H2,1-3H3. The Morgan fingerprint density at radius 1 is 0.579 bits per heavy atom. The van der Waals surface area contributed by atoms with Gasteiger partial charge in [0, 0.05) is 13.5 Å². The van der Waals surface area contributed by atoms with E-state index < -0.39 is 5.60 Å². The highest BCUT2D eigenvalue weighted by Crippen LogP contribution is 2.41. The number of esters is 1. The fourth-order valence-corrected chi connectivity index (χ4v) is 4.78. The van der Waals surface area contributed by atoms with Crippen LogP contribution >= 0.6 is 0 Å². The molecule has 3 aromatic carbocycles. The van der Waals surface area contributed by atoms with E-state index in [9.17, 15) is 4.79 Å². The van der Waals surface area contributed by atoms with Crippen LogP contribution in [0.25, 0.3) is 0 Å². The SMILES string of the molecule is COc1ccc(C(OCCCCCCCCCCOC(C)=O)(c2ccccc2)c2ccc(OC)cc2)cc1. The zero-order valence-corrected chi connectivity index (χ0v) is 23.1. The van der Waals surface area contributed by atoms with E-state index in [1.165, 1.54) is 32.6 Å². The summed E-state index contributed by atoms with van der Waals surface area (Å²) in [6.07, 6.45) is 8.99. The van der Waals surface area contributed by atoms with E-state index >= 15 is 0 Å². The maximum Gasteiger partial charge on any atom is 0.302 e. The van der Waals surface area contributed by atoms with Gasteiger partial charge < -0.3 is 18.9 Å². The molecule has 0 aliphatic heterocycles. The van der Waals surface area contributed by atoms with E-state index in [-0.39, 0.29) is 5.97 Å². The Hall–Kier alpha value is -3.31. The van der Waals surface area contributed by atoms with Gasteiger partial charge in [-0.1, -0.05) is 93.1 Å². The maximum absolute atomic E-state index is 10.8. The molecule has 3 aromatic rings. The molecule has 5 heteroatoms. The topological polar surface area (TPSA) is 54.0 Å². The fraction of sp³-hybridized carbons (Fsp3) is 0.424. The molecule has 38 heavy (non-hydrogen) atoms.